The van der Waals surface area contributed by atoms with Gasteiger partial charge >= 0.3 is 6.03 Å². The molecule has 3 amide bonds. The number of aliphatic hydroxyl groups is 1. The predicted octanol–water partition coefficient (Wildman–Crippen LogP) is 1.60. The van der Waals surface area contributed by atoms with Gasteiger partial charge in [0, 0.05) is 50.6 Å². The number of nitrogens with one attached hydrogen (secondary N) is 2. The molecule has 0 aliphatic carbocycles. The molecule has 0 atom stereocenters. The number of nitrogens with zero attached hydrogens (tertiary/aromatic N) is 6. The number of carbonyl (C=O) groups excluding carboxylic acids is 3. The lowest BCUT2D eigenvalue weighted by atomic mass is 10.0. The second kappa shape index (κ2) is 11.1. The van der Waals surface area contributed by atoms with E-state index in [1.165, 1.54) is 17.2 Å². The number of aldehydes is 1. The molecule has 12 nitrogen and oxygen atoms in total. The number of fused-ring (bicyclic) bond motifs is 1. The molecule has 0 unspecified atom stereocenters. The molecule has 1 fully saturated rings. The summed E-state index contributed by atoms with van der Waals surface area (Å²) in [6.07, 6.45) is 3.40. The molecule has 2 aliphatic heterocycles. The number of rotatable bonds is 7. The molecular weight excluding hydrogens is 488 g/mol. The third-order valence-electron chi connectivity index (χ3n) is 6.47. The highest BCUT2D eigenvalue weighted by Crippen LogP contribution is 2.29. The third-order valence-corrected chi connectivity index (χ3v) is 6.47. The largest absolute Gasteiger partial charge is 0.389 e. The lowest BCUT2D eigenvalue weighted by molar-refractivity contribution is -0.136. The van der Waals surface area contributed by atoms with Crippen LogP contribution in [0.1, 0.15) is 47.4 Å². The van der Waals surface area contributed by atoms with E-state index in [0.717, 1.165) is 12.1 Å². The van der Waals surface area contributed by atoms with Crippen LogP contribution in [0.25, 0.3) is 0 Å². The van der Waals surface area contributed by atoms with Crippen molar-refractivity contribution in [2.45, 2.75) is 38.8 Å². The first-order chi connectivity index (χ1) is 18.1. The van der Waals surface area contributed by atoms with Gasteiger partial charge in [-0.2, -0.15) is 5.26 Å². The zero-order valence-electron chi connectivity index (χ0n) is 21.8. The van der Waals surface area contributed by atoms with Crippen LogP contribution in [0.5, 0.6) is 0 Å². The molecule has 4 heterocycles. The van der Waals surface area contributed by atoms with Crippen LogP contribution in [0.15, 0.2) is 18.3 Å². The normalized spacial score (nSPS) is 16.0. The van der Waals surface area contributed by atoms with Crippen molar-refractivity contribution in [1.29, 1.82) is 5.26 Å². The maximum absolute atomic E-state index is 13.3. The van der Waals surface area contributed by atoms with E-state index in [2.05, 4.69) is 20.6 Å². The van der Waals surface area contributed by atoms with Gasteiger partial charge in [-0.25, -0.2) is 14.8 Å². The van der Waals surface area contributed by atoms with Gasteiger partial charge in [0.15, 0.2) is 6.29 Å². The lowest BCUT2D eigenvalue weighted by Gasteiger charge is -2.33. The smallest absolute Gasteiger partial charge is 0.328 e. The highest BCUT2D eigenvalue weighted by molar-refractivity contribution is 6.02. The fourth-order valence-corrected chi connectivity index (χ4v) is 4.43. The molecule has 0 bridgehead atoms. The Kier molecular flexibility index (Phi) is 7.89. The molecule has 0 spiro atoms. The monoisotopic (exact) mass is 520 g/mol. The fraction of sp³-hybridized carbons (Fsp3) is 0.462. The Bertz CT molecular complexity index is 1280. The first-order valence-corrected chi connectivity index (χ1v) is 12.5. The number of aromatic nitrogens is 2. The van der Waals surface area contributed by atoms with Crippen molar-refractivity contribution in [3.8, 4) is 6.07 Å². The van der Waals surface area contributed by atoms with Gasteiger partial charge in [-0.05, 0) is 45.4 Å². The standard InChI is InChI=1S/C26H32N8O4/c1-26(2,38)16-29-20-10-22(28-12-19(20)11-27)31-25(37)34-6-4-5-17-9-18(21(15-35)30-24(17)34)13-33-8-7-32(3)14-23(33)36/h9-10,12,15,38H,4-8,13-14,16H2,1-3H3,(H2,28,29,31,37). The number of amides is 3. The summed E-state index contributed by atoms with van der Waals surface area (Å²) in [5.74, 6) is 0.624. The zero-order valence-corrected chi connectivity index (χ0v) is 21.8. The number of anilines is 3. The van der Waals surface area contributed by atoms with Crippen molar-refractivity contribution in [3.05, 3.63) is 40.7 Å². The summed E-state index contributed by atoms with van der Waals surface area (Å²) in [5, 5.41) is 25.2. The minimum atomic E-state index is -1.00. The van der Waals surface area contributed by atoms with Crippen LogP contribution in [0.3, 0.4) is 0 Å². The van der Waals surface area contributed by atoms with Crippen molar-refractivity contribution in [2.75, 3.05) is 55.3 Å². The third kappa shape index (κ3) is 6.24. The van der Waals surface area contributed by atoms with Crippen LogP contribution in [-0.4, -0.2) is 88.5 Å². The van der Waals surface area contributed by atoms with Gasteiger partial charge in [0.2, 0.25) is 5.91 Å². The number of hydrogen-bond acceptors (Lipinski definition) is 9. The summed E-state index contributed by atoms with van der Waals surface area (Å²) in [6.45, 7) is 5.83. The molecule has 2 aromatic rings. The molecule has 0 aromatic carbocycles. The Labute approximate surface area is 221 Å². The number of nitriles is 1. The molecule has 4 rings (SSSR count). The van der Waals surface area contributed by atoms with Gasteiger partial charge in [-0.1, -0.05) is 0 Å². The number of carbonyl (C=O) groups is 3. The van der Waals surface area contributed by atoms with Crippen LogP contribution in [0, 0.1) is 11.3 Å². The van der Waals surface area contributed by atoms with E-state index in [1.54, 1.807) is 18.7 Å². The number of likely N-dealkylation sites (N-methyl/N-ethyl adjacent to an activating group) is 1. The first kappa shape index (κ1) is 27.0. The Morgan fingerprint density at radius 1 is 1.29 bits per heavy atom. The van der Waals surface area contributed by atoms with Crippen LogP contribution in [0.2, 0.25) is 0 Å². The summed E-state index contributed by atoms with van der Waals surface area (Å²) >= 11 is 0. The molecule has 1 saturated heterocycles. The SMILES string of the molecule is CN1CCN(Cc2cc3c(nc2C=O)N(C(=O)Nc2cc(NCC(C)(C)O)c(C#N)cn2)CCC3)C(=O)C1. The molecule has 0 saturated carbocycles. The summed E-state index contributed by atoms with van der Waals surface area (Å²) in [4.78, 5) is 51.5. The summed E-state index contributed by atoms with van der Waals surface area (Å²) in [5.41, 5.74) is 1.39. The van der Waals surface area contributed by atoms with Crippen LogP contribution in [0.4, 0.5) is 22.1 Å². The molecule has 200 valence electrons. The van der Waals surface area contributed by atoms with Gasteiger partial charge in [0.05, 0.1) is 23.4 Å². The highest BCUT2D eigenvalue weighted by Gasteiger charge is 2.28. The number of aryl methyl sites for hydroxylation is 1. The molecule has 38 heavy (non-hydrogen) atoms. The highest BCUT2D eigenvalue weighted by atomic mass is 16.3. The Morgan fingerprint density at radius 3 is 2.76 bits per heavy atom. The fourth-order valence-electron chi connectivity index (χ4n) is 4.43. The predicted molar refractivity (Wildman–Crippen MR) is 141 cm³/mol. The summed E-state index contributed by atoms with van der Waals surface area (Å²) in [7, 11) is 1.90. The van der Waals surface area contributed by atoms with Crippen molar-refractivity contribution in [1.82, 2.24) is 19.8 Å². The Morgan fingerprint density at radius 2 is 2.08 bits per heavy atom. The van der Waals surface area contributed by atoms with Gasteiger partial charge in [-0.3, -0.25) is 24.7 Å². The number of pyridine rings is 2. The van der Waals surface area contributed by atoms with E-state index in [1.807, 2.05) is 24.1 Å². The van der Waals surface area contributed by atoms with E-state index >= 15 is 0 Å². The molecule has 2 aromatic heterocycles. The maximum Gasteiger partial charge on any atom is 0.328 e. The van der Waals surface area contributed by atoms with E-state index in [-0.39, 0.29) is 29.5 Å². The van der Waals surface area contributed by atoms with Crippen LogP contribution >= 0.6 is 0 Å². The number of urea groups is 1. The minimum absolute atomic E-state index is 0.000603. The van der Waals surface area contributed by atoms with Gasteiger partial charge in [0.25, 0.3) is 0 Å². The second-order valence-electron chi connectivity index (χ2n) is 10.3. The zero-order chi connectivity index (χ0) is 27.4. The van der Waals surface area contributed by atoms with Crippen molar-refractivity contribution < 1.29 is 19.5 Å². The average molecular weight is 521 g/mol. The van der Waals surface area contributed by atoms with E-state index in [0.29, 0.717) is 62.4 Å². The second-order valence-corrected chi connectivity index (χ2v) is 10.3. The maximum atomic E-state index is 13.3. The Hall–Kier alpha value is -4.08. The van der Waals surface area contributed by atoms with Crippen LogP contribution in [-0.2, 0) is 17.8 Å². The quantitative estimate of drug-likeness (QED) is 0.462. The summed E-state index contributed by atoms with van der Waals surface area (Å²) < 4.78 is 0. The molecule has 3 N–H and O–H groups in total. The van der Waals surface area contributed by atoms with E-state index < -0.39 is 11.6 Å². The number of piperazine rings is 1. The molecule has 12 heteroatoms. The lowest BCUT2D eigenvalue weighted by Crippen LogP contribution is -2.48. The van der Waals surface area contributed by atoms with Crippen molar-refractivity contribution in [2.24, 2.45) is 0 Å². The van der Waals surface area contributed by atoms with Gasteiger partial charge in [-0.15, -0.1) is 0 Å². The summed E-state index contributed by atoms with van der Waals surface area (Å²) in [6, 6.07) is 4.98. The average Bonchev–Trinajstić information content (AvgIpc) is 2.87. The number of hydrogen-bond donors (Lipinski definition) is 3. The van der Waals surface area contributed by atoms with E-state index in [9.17, 15) is 24.8 Å². The molecule has 0 radical (unpaired) electrons. The van der Waals surface area contributed by atoms with Crippen molar-refractivity contribution >= 4 is 35.5 Å². The topological polar surface area (TPSA) is 155 Å². The van der Waals surface area contributed by atoms with Gasteiger partial charge < -0.3 is 15.3 Å². The van der Waals surface area contributed by atoms with E-state index in [4.69, 9.17) is 0 Å². The molecule has 2 aliphatic rings. The Balaban J connectivity index is 1.54. The molecular formula is C26H32N8O4. The minimum Gasteiger partial charge on any atom is -0.389 e. The van der Waals surface area contributed by atoms with Gasteiger partial charge in [0.1, 0.15) is 23.4 Å². The van der Waals surface area contributed by atoms with Crippen LogP contribution < -0.4 is 15.5 Å². The van der Waals surface area contributed by atoms with Crippen molar-refractivity contribution in [3.63, 3.8) is 0 Å². The first-order valence-electron chi connectivity index (χ1n) is 12.5.